The van der Waals surface area contributed by atoms with E-state index in [1.54, 1.807) is 42.2 Å². The summed E-state index contributed by atoms with van der Waals surface area (Å²) in [6.45, 7) is 10.7. The highest BCUT2D eigenvalue weighted by atomic mass is 28.3. The highest BCUT2D eigenvalue weighted by Gasteiger charge is 2.70. The number of hydrogen-bond donors (Lipinski definition) is 0. The maximum Gasteiger partial charge on any atom is 0.155 e. The van der Waals surface area contributed by atoms with E-state index in [1.165, 1.54) is 129 Å². The predicted octanol–water partition coefficient (Wildman–Crippen LogP) is 17.8. The molecule has 0 aromatic heterocycles. The van der Waals surface area contributed by atoms with Gasteiger partial charge < -0.3 is 0 Å². The van der Waals surface area contributed by atoms with Gasteiger partial charge in [-0.25, -0.2) is 0 Å². The molecule has 87 heavy (non-hydrogen) atoms. The summed E-state index contributed by atoms with van der Waals surface area (Å²) in [5, 5.41) is 14.8. The Bertz CT molecular complexity index is 4570. The van der Waals surface area contributed by atoms with Gasteiger partial charge in [-0.1, -0.05) is 320 Å². The molecule has 4 atom stereocenters. The summed E-state index contributed by atoms with van der Waals surface area (Å²) < 4.78 is 0. The average Bonchev–Trinajstić information content (AvgIpc) is 1.55. The van der Waals surface area contributed by atoms with Crippen molar-refractivity contribution in [2.75, 3.05) is 0 Å². The fourth-order valence-electron chi connectivity index (χ4n) is 20.2. The molecule has 12 aromatic carbocycles. The lowest BCUT2D eigenvalue weighted by Crippen LogP contribution is -2.72. The molecule has 0 bridgehead atoms. The Balaban J connectivity index is 0.886. The highest BCUT2D eigenvalue weighted by Crippen LogP contribution is 2.68. The van der Waals surface area contributed by atoms with Crippen LogP contribution >= 0.6 is 0 Å². The van der Waals surface area contributed by atoms with Gasteiger partial charge in [0.15, 0.2) is 16.1 Å². The van der Waals surface area contributed by atoms with Crippen LogP contribution in [0.2, 0.25) is 10.1 Å². The smallest absolute Gasteiger partial charge is 0.0624 e. The molecule has 5 aliphatic rings. The van der Waals surface area contributed by atoms with E-state index < -0.39 is 21.6 Å². The Labute approximate surface area is 516 Å². The van der Waals surface area contributed by atoms with Crippen LogP contribution in [-0.2, 0) is 16.2 Å². The summed E-state index contributed by atoms with van der Waals surface area (Å²) in [7, 11) is -5.15. The highest BCUT2D eigenvalue weighted by molar-refractivity contribution is 7.15. The van der Waals surface area contributed by atoms with E-state index in [-0.39, 0.29) is 20.9 Å². The third-order valence-electron chi connectivity index (χ3n) is 24.3. The standard InChI is InChI=1S/C85H74Si2/c1-81-51-25-27-53-83(81,3)86(65-33-15-7-16-34-65,66-35-17-8-18-36-66)77-49-45-61(57-75(77)81)59-43-47-71-73(55-59)69-41-23-24-42-70(69)79-72-48-44-60(56-74(72)85(80(71)79,63-29-11-5-12-30-63)64-31-13-6-14-32-64)62-46-50-78-76(58-62)82(2)52-26-28-54-84(82,4)87(78,67-37-19-9-20-38-67)68-39-21-10-22-40-68/h5-24,29-50,55-58H,25-28,51-54H2,1-4H3. The third kappa shape index (κ3) is 6.73. The SMILES string of the molecule is CC12CCCCC1(C)[Si](c1ccccc1)(c1ccccc1)c1ccc(-c3ccc4c(c3)C(c3ccccc3)(c3ccccc3)c3c-4c4ccccc4c4cc(-c5ccc6c(c5)C5(C)CCCCC5(C)[Si]6(c5ccccc5)c5ccccc5)ccc34)cc12. The maximum absolute atomic E-state index is 2.71. The van der Waals surface area contributed by atoms with Crippen molar-refractivity contribution in [2.45, 2.75) is 105 Å². The van der Waals surface area contributed by atoms with Crippen LogP contribution in [0.15, 0.2) is 279 Å². The van der Waals surface area contributed by atoms with E-state index in [2.05, 4.69) is 307 Å². The minimum atomic E-state index is -2.59. The van der Waals surface area contributed by atoms with Gasteiger partial charge in [0.1, 0.15) is 0 Å². The molecule has 2 heterocycles. The zero-order chi connectivity index (χ0) is 58.4. The van der Waals surface area contributed by atoms with Crippen molar-refractivity contribution in [3.05, 3.63) is 312 Å². The van der Waals surface area contributed by atoms with E-state index in [0.717, 1.165) is 0 Å². The first-order valence-electron chi connectivity index (χ1n) is 32.4. The largest absolute Gasteiger partial charge is 0.155 e. The first-order chi connectivity index (χ1) is 42.6. The molecule has 0 spiro atoms. The van der Waals surface area contributed by atoms with E-state index in [1.807, 2.05) is 0 Å². The predicted molar refractivity (Wildman–Crippen MR) is 373 cm³/mol. The van der Waals surface area contributed by atoms with Crippen LogP contribution in [0.25, 0.3) is 54.9 Å². The second kappa shape index (κ2) is 19.3. The van der Waals surface area contributed by atoms with E-state index in [0.29, 0.717) is 0 Å². The molecule has 0 N–H and O–H groups in total. The molecular formula is C85H74Si2. The third-order valence-corrected chi connectivity index (χ3v) is 36.5. The molecule has 422 valence electrons. The van der Waals surface area contributed by atoms with Crippen LogP contribution in [0.3, 0.4) is 0 Å². The molecule has 0 amide bonds. The second-order valence-corrected chi connectivity index (χ2v) is 36.1. The Hall–Kier alpha value is -8.41. The lowest BCUT2D eigenvalue weighted by molar-refractivity contribution is 0.241. The lowest BCUT2D eigenvalue weighted by atomic mass is 9.64. The molecular weight excluding hydrogens is 1080 g/mol. The molecule has 0 radical (unpaired) electrons. The Morgan fingerprint density at radius 3 is 1.09 bits per heavy atom. The quantitative estimate of drug-likeness (QED) is 0.105. The molecule has 0 nitrogen and oxygen atoms in total. The maximum atomic E-state index is 2.71. The van der Waals surface area contributed by atoms with Crippen molar-refractivity contribution in [3.8, 4) is 33.4 Å². The zero-order valence-corrected chi connectivity index (χ0v) is 52.7. The second-order valence-electron chi connectivity index (χ2n) is 27.5. The monoisotopic (exact) mass is 1150 g/mol. The van der Waals surface area contributed by atoms with Crippen molar-refractivity contribution in [1.82, 2.24) is 0 Å². The van der Waals surface area contributed by atoms with Crippen molar-refractivity contribution in [1.29, 1.82) is 0 Å². The number of hydrogen-bond acceptors (Lipinski definition) is 0. The summed E-state index contributed by atoms with van der Waals surface area (Å²) in [4.78, 5) is 0. The van der Waals surface area contributed by atoms with Crippen LogP contribution in [0, 0.1) is 0 Å². The summed E-state index contributed by atoms with van der Waals surface area (Å²) in [5.74, 6) is 0. The van der Waals surface area contributed by atoms with Gasteiger partial charge >= 0.3 is 0 Å². The lowest BCUT2D eigenvalue weighted by Gasteiger charge is -2.54. The Kier molecular flexibility index (Phi) is 11.7. The van der Waals surface area contributed by atoms with Crippen LogP contribution < -0.4 is 31.1 Å². The van der Waals surface area contributed by atoms with Crippen molar-refractivity contribution >= 4 is 68.8 Å². The fraction of sp³-hybridized carbons (Fsp3) is 0.200. The average molecular weight is 1150 g/mol. The number of fused-ring (bicyclic) bond motifs is 14. The summed E-state index contributed by atoms with van der Waals surface area (Å²) >= 11 is 0. The zero-order valence-electron chi connectivity index (χ0n) is 50.7. The van der Waals surface area contributed by atoms with Crippen molar-refractivity contribution in [3.63, 3.8) is 0 Å². The van der Waals surface area contributed by atoms with Gasteiger partial charge in [0.05, 0.1) is 5.41 Å². The van der Waals surface area contributed by atoms with Crippen LogP contribution in [-0.4, -0.2) is 16.1 Å². The minimum Gasteiger partial charge on any atom is -0.0624 e. The van der Waals surface area contributed by atoms with E-state index in [4.69, 9.17) is 0 Å². The number of rotatable bonds is 8. The van der Waals surface area contributed by atoms with Crippen LogP contribution in [0.5, 0.6) is 0 Å². The summed E-state index contributed by atoms with van der Waals surface area (Å²) in [6.07, 6.45) is 9.97. The first kappa shape index (κ1) is 52.9. The van der Waals surface area contributed by atoms with Gasteiger partial charge in [0.2, 0.25) is 0 Å². The fourth-order valence-corrected chi connectivity index (χ4v) is 34.1. The van der Waals surface area contributed by atoms with E-state index in [9.17, 15) is 0 Å². The molecule has 2 aliphatic heterocycles. The molecule has 2 heteroatoms. The molecule has 17 rings (SSSR count). The van der Waals surface area contributed by atoms with Crippen molar-refractivity contribution < 1.29 is 0 Å². The van der Waals surface area contributed by atoms with E-state index >= 15 is 0 Å². The molecule has 0 saturated heterocycles. The Morgan fingerprint density at radius 1 is 0.287 bits per heavy atom. The Morgan fingerprint density at radius 2 is 0.644 bits per heavy atom. The molecule has 2 saturated carbocycles. The van der Waals surface area contributed by atoms with Gasteiger partial charge in [0.25, 0.3) is 0 Å². The topological polar surface area (TPSA) is 0 Å². The molecule has 12 aromatic rings. The normalized spacial score (nSPS) is 23.3. The summed E-state index contributed by atoms with van der Waals surface area (Å²) in [6, 6.07) is 110. The minimum absolute atomic E-state index is 0.0147. The van der Waals surface area contributed by atoms with Gasteiger partial charge in [-0.3, -0.25) is 0 Å². The van der Waals surface area contributed by atoms with Gasteiger partial charge in [-0.2, -0.15) is 0 Å². The summed E-state index contributed by atoms with van der Waals surface area (Å²) in [5.41, 5.74) is 15.8. The van der Waals surface area contributed by atoms with Crippen LogP contribution in [0.1, 0.15) is 112 Å². The van der Waals surface area contributed by atoms with Crippen molar-refractivity contribution in [2.24, 2.45) is 0 Å². The van der Waals surface area contributed by atoms with Gasteiger partial charge in [-0.05, 0) is 178 Å². The molecule has 3 aliphatic carbocycles. The molecule has 2 fully saturated rings. The first-order valence-corrected chi connectivity index (χ1v) is 36.4. The van der Waals surface area contributed by atoms with Gasteiger partial charge in [-0.15, -0.1) is 0 Å². The van der Waals surface area contributed by atoms with Gasteiger partial charge in [0, 0.05) is 0 Å². The number of benzene rings is 12. The molecule has 4 unspecified atom stereocenters. The van der Waals surface area contributed by atoms with Crippen LogP contribution in [0.4, 0.5) is 0 Å².